The summed E-state index contributed by atoms with van der Waals surface area (Å²) in [4.78, 5) is 34.9. The van der Waals surface area contributed by atoms with Crippen molar-refractivity contribution < 1.29 is 14.4 Å². The van der Waals surface area contributed by atoms with Gasteiger partial charge in [0, 0.05) is 22.5 Å². The number of amides is 1. The van der Waals surface area contributed by atoms with Gasteiger partial charge in [-0.3, -0.25) is 14.4 Å². The molecule has 1 heterocycles. The zero-order valence-electron chi connectivity index (χ0n) is 15.4. The molecule has 0 saturated carbocycles. The van der Waals surface area contributed by atoms with Crippen molar-refractivity contribution in [1.82, 2.24) is 10.2 Å². The number of Topliss-reactive ketones (excluding diaryl/α,β-unsaturated/α-hetero) is 2. The van der Waals surface area contributed by atoms with Gasteiger partial charge in [-0.1, -0.05) is 0 Å². The molecule has 0 fully saturated rings. The molecule has 0 bridgehead atoms. The summed E-state index contributed by atoms with van der Waals surface area (Å²) in [6.45, 7) is 2.99. The number of hydrogen-bond acceptors (Lipinski definition) is 6. The molecule has 3 aromatic rings. The van der Waals surface area contributed by atoms with Crippen molar-refractivity contribution in [3.8, 4) is 0 Å². The lowest BCUT2D eigenvalue weighted by Gasteiger charge is -2.07. The molecular formula is C21H18N4O3. The number of carbonyl (C=O) groups is 3. The molecule has 0 aliphatic carbocycles. The van der Waals surface area contributed by atoms with Crippen LogP contribution in [0.3, 0.4) is 0 Å². The Hall–Kier alpha value is -3.87. The van der Waals surface area contributed by atoms with Crippen molar-refractivity contribution in [2.75, 3.05) is 10.6 Å². The zero-order valence-corrected chi connectivity index (χ0v) is 15.4. The van der Waals surface area contributed by atoms with Crippen molar-refractivity contribution in [3.63, 3.8) is 0 Å². The second-order valence-electron chi connectivity index (χ2n) is 6.15. The third kappa shape index (κ3) is 4.64. The Balaban J connectivity index is 1.63. The molecule has 3 rings (SSSR count). The smallest absolute Gasteiger partial charge is 0.276 e. The summed E-state index contributed by atoms with van der Waals surface area (Å²) in [6, 6.07) is 16.8. The van der Waals surface area contributed by atoms with E-state index in [2.05, 4.69) is 20.8 Å². The maximum Gasteiger partial charge on any atom is 0.276 e. The first-order valence-electron chi connectivity index (χ1n) is 8.56. The Morgan fingerprint density at radius 1 is 0.679 bits per heavy atom. The molecule has 0 radical (unpaired) electrons. The van der Waals surface area contributed by atoms with Crippen LogP contribution in [0.25, 0.3) is 0 Å². The zero-order chi connectivity index (χ0) is 20.1. The topological polar surface area (TPSA) is 101 Å². The van der Waals surface area contributed by atoms with Gasteiger partial charge in [0.2, 0.25) is 0 Å². The quantitative estimate of drug-likeness (QED) is 0.635. The molecule has 0 spiro atoms. The van der Waals surface area contributed by atoms with Gasteiger partial charge in [-0.05, 0) is 74.5 Å². The molecule has 28 heavy (non-hydrogen) atoms. The largest absolute Gasteiger partial charge is 0.339 e. The number of ketones is 2. The molecule has 0 aliphatic rings. The van der Waals surface area contributed by atoms with Crippen LogP contribution in [0, 0.1) is 0 Å². The minimum atomic E-state index is -0.402. The first-order chi connectivity index (χ1) is 13.4. The van der Waals surface area contributed by atoms with Crippen molar-refractivity contribution >= 4 is 34.7 Å². The second-order valence-corrected chi connectivity index (χ2v) is 6.15. The van der Waals surface area contributed by atoms with Gasteiger partial charge in [0.15, 0.2) is 23.1 Å². The number of nitrogens with zero attached hydrogens (tertiary/aromatic N) is 2. The van der Waals surface area contributed by atoms with Crippen LogP contribution in [0.5, 0.6) is 0 Å². The number of carbonyl (C=O) groups excluding carboxylic acids is 3. The summed E-state index contributed by atoms with van der Waals surface area (Å²) in [5.41, 5.74) is 2.67. The Morgan fingerprint density at radius 2 is 1.21 bits per heavy atom. The number of benzene rings is 2. The predicted molar refractivity (Wildman–Crippen MR) is 106 cm³/mol. The Bertz CT molecular complexity index is 1010. The van der Waals surface area contributed by atoms with Gasteiger partial charge in [0.25, 0.3) is 5.91 Å². The third-order valence-electron chi connectivity index (χ3n) is 4.01. The molecule has 2 N–H and O–H groups in total. The lowest BCUT2D eigenvalue weighted by molar-refractivity contribution is 0.100. The normalized spacial score (nSPS) is 10.2. The summed E-state index contributed by atoms with van der Waals surface area (Å²) >= 11 is 0. The van der Waals surface area contributed by atoms with Gasteiger partial charge in [-0.25, -0.2) is 0 Å². The molecular weight excluding hydrogens is 356 g/mol. The average Bonchev–Trinajstić information content (AvgIpc) is 2.69. The van der Waals surface area contributed by atoms with E-state index in [4.69, 9.17) is 0 Å². The van der Waals surface area contributed by atoms with Gasteiger partial charge in [0.1, 0.15) is 0 Å². The van der Waals surface area contributed by atoms with E-state index < -0.39 is 5.91 Å². The van der Waals surface area contributed by atoms with Gasteiger partial charge >= 0.3 is 0 Å². The number of aromatic nitrogens is 2. The van der Waals surface area contributed by atoms with E-state index in [9.17, 15) is 14.4 Å². The number of nitrogens with one attached hydrogen (secondary N) is 2. The molecule has 0 unspecified atom stereocenters. The van der Waals surface area contributed by atoms with E-state index >= 15 is 0 Å². The van der Waals surface area contributed by atoms with Crippen LogP contribution < -0.4 is 10.6 Å². The van der Waals surface area contributed by atoms with Gasteiger partial charge in [-0.2, -0.15) is 0 Å². The SMILES string of the molecule is CC(=O)c1ccc(NC(=O)c2ccc(Nc3ccc(C(C)=O)cc3)nn2)cc1. The summed E-state index contributed by atoms with van der Waals surface area (Å²) in [7, 11) is 0. The fourth-order valence-corrected chi connectivity index (χ4v) is 2.44. The number of anilines is 3. The highest BCUT2D eigenvalue weighted by Crippen LogP contribution is 2.16. The number of rotatable bonds is 6. The first-order valence-corrected chi connectivity index (χ1v) is 8.56. The summed E-state index contributed by atoms with van der Waals surface area (Å²) in [5, 5.41) is 13.7. The Morgan fingerprint density at radius 3 is 1.68 bits per heavy atom. The van der Waals surface area contributed by atoms with Crippen molar-refractivity contribution in [2.45, 2.75) is 13.8 Å². The highest BCUT2D eigenvalue weighted by molar-refractivity contribution is 6.03. The van der Waals surface area contributed by atoms with E-state index in [0.29, 0.717) is 22.6 Å². The highest BCUT2D eigenvalue weighted by atomic mass is 16.2. The maximum atomic E-state index is 12.3. The van der Waals surface area contributed by atoms with Crippen LogP contribution >= 0.6 is 0 Å². The van der Waals surface area contributed by atoms with Gasteiger partial charge < -0.3 is 10.6 Å². The van der Waals surface area contributed by atoms with Gasteiger partial charge in [0.05, 0.1) is 0 Å². The fourth-order valence-electron chi connectivity index (χ4n) is 2.44. The second kappa shape index (κ2) is 8.22. The highest BCUT2D eigenvalue weighted by Gasteiger charge is 2.09. The van der Waals surface area contributed by atoms with Crippen LogP contribution in [-0.4, -0.2) is 27.7 Å². The van der Waals surface area contributed by atoms with E-state index in [-0.39, 0.29) is 17.3 Å². The van der Waals surface area contributed by atoms with E-state index in [1.807, 2.05) is 0 Å². The minimum absolute atomic E-state index is 0.00218. The van der Waals surface area contributed by atoms with Crippen molar-refractivity contribution in [1.29, 1.82) is 0 Å². The lowest BCUT2D eigenvalue weighted by atomic mass is 10.1. The van der Waals surface area contributed by atoms with Crippen LogP contribution in [-0.2, 0) is 0 Å². The predicted octanol–water partition coefficient (Wildman–Crippen LogP) is 3.88. The first kappa shape index (κ1) is 18.9. The molecule has 1 aromatic heterocycles. The Labute approximate surface area is 161 Å². The van der Waals surface area contributed by atoms with E-state index in [1.54, 1.807) is 60.7 Å². The lowest BCUT2D eigenvalue weighted by Crippen LogP contribution is -2.14. The molecule has 0 aliphatic heterocycles. The monoisotopic (exact) mass is 374 g/mol. The van der Waals surface area contributed by atoms with Crippen LogP contribution in [0.15, 0.2) is 60.7 Å². The molecule has 7 heteroatoms. The maximum absolute atomic E-state index is 12.3. The van der Waals surface area contributed by atoms with Crippen LogP contribution in [0.4, 0.5) is 17.2 Å². The van der Waals surface area contributed by atoms with Crippen molar-refractivity contribution in [3.05, 3.63) is 77.5 Å². The van der Waals surface area contributed by atoms with Crippen LogP contribution in [0.2, 0.25) is 0 Å². The van der Waals surface area contributed by atoms with E-state index in [0.717, 1.165) is 5.69 Å². The molecule has 7 nitrogen and oxygen atoms in total. The third-order valence-corrected chi connectivity index (χ3v) is 4.01. The Kier molecular flexibility index (Phi) is 5.55. The van der Waals surface area contributed by atoms with E-state index in [1.165, 1.54) is 13.8 Å². The standard InChI is InChI=1S/C21H18N4O3/c1-13(26)15-3-7-17(8-4-15)22-20-12-11-19(24-25-20)21(28)23-18-9-5-16(6-10-18)14(2)27/h3-12H,1-2H3,(H,22,25)(H,23,28). The van der Waals surface area contributed by atoms with Crippen molar-refractivity contribution in [2.24, 2.45) is 0 Å². The number of hydrogen-bond donors (Lipinski definition) is 2. The van der Waals surface area contributed by atoms with Crippen LogP contribution in [0.1, 0.15) is 45.1 Å². The summed E-state index contributed by atoms with van der Waals surface area (Å²) in [5.74, 6) is 0.0266. The molecule has 140 valence electrons. The fraction of sp³-hybridized carbons (Fsp3) is 0.0952. The molecule has 2 aromatic carbocycles. The van der Waals surface area contributed by atoms with Gasteiger partial charge in [-0.15, -0.1) is 10.2 Å². The summed E-state index contributed by atoms with van der Waals surface area (Å²) < 4.78 is 0. The molecule has 0 atom stereocenters. The summed E-state index contributed by atoms with van der Waals surface area (Å²) in [6.07, 6.45) is 0. The average molecular weight is 374 g/mol. The molecule has 0 saturated heterocycles. The minimum Gasteiger partial charge on any atom is -0.339 e. The molecule has 1 amide bonds.